The van der Waals surface area contributed by atoms with Crippen LogP contribution in [-0.4, -0.2) is 55.4 Å². The number of carbonyl (C=O) groups excluding carboxylic acids is 2. The van der Waals surface area contributed by atoms with Crippen LogP contribution in [0.1, 0.15) is 23.6 Å². The van der Waals surface area contributed by atoms with Crippen molar-refractivity contribution in [3.63, 3.8) is 0 Å². The molecule has 154 valence electrons. The van der Waals surface area contributed by atoms with Crippen molar-refractivity contribution in [2.75, 3.05) is 37.6 Å². The number of nitrogens with zero attached hydrogens (tertiary/aromatic N) is 2. The molecule has 1 amide bonds. The molecule has 0 saturated carbocycles. The largest absolute Gasteiger partial charge is 0.369 e. The molecule has 1 N–H and O–H groups in total. The van der Waals surface area contributed by atoms with E-state index in [0.717, 1.165) is 31.7 Å². The van der Waals surface area contributed by atoms with Crippen molar-refractivity contribution in [1.82, 2.24) is 10.2 Å². The van der Waals surface area contributed by atoms with Crippen molar-refractivity contribution in [2.45, 2.75) is 33.2 Å². The summed E-state index contributed by atoms with van der Waals surface area (Å²) in [6, 6.07) is 15.7. The van der Waals surface area contributed by atoms with Gasteiger partial charge in [-0.3, -0.25) is 14.5 Å². The number of hydrogen-bond acceptors (Lipinski definition) is 4. The highest BCUT2D eigenvalue weighted by Crippen LogP contribution is 2.23. The van der Waals surface area contributed by atoms with Gasteiger partial charge in [0, 0.05) is 31.9 Å². The Morgan fingerprint density at radius 3 is 2.31 bits per heavy atom. The van der Waals surface area contributed by atoms with Gasteiger partial charge in [-0.05, 0) is 49.9 Å². The third-order valence-electron chi connectivity index (χ3n) is 5.76. The summed E-state index contributed by atoms with van der Waals surface area (Å²) in [6.45, 7) is 9.65. The van der Waals surface area contributed by atoms with Gasteiger partial charge in [-0.25, -0.2) is 0 Å². The van der Waals surface area contributed by atoms with E-state index in [-0.39, 0.29) is 11.7 Å². The summed E-state index contributed by atoms with van der Waals surface area (Å²) in [5.74, 6) is -0.0942. The van der Waals surface area contributed by atoms with E-state index < -0.39 is 6.04 Å². The lowest BCUT2D eigenvalue weighted by molar-refractivity contribution is -0.127. The second kappa shape index (κ2) is 9.70. The summed E-state index contributed by atoms with van der Waals surface area (Å²) in [7, 11) is 0. The van der Waals surface area contributed by atoms with Gasteiger partial charge >= 0.3 is 0 Å². The average Bonchev–Trinajstić information content (AvgIpc) is 2.71. The summed E-state index contributed by atoms with van der Waals surface area (Å²) in [5, 5.41) is 2.93. The maximum Gasteiger partial charge on any atom is 0.234 e. The number of hydrogen-bond donors (Lipinski definition) is 1. The molecule has 0 radical (unpaired) electrons. The zero-order chi connectivity index (χ0) is 20.8. The summed E-state index contributed by atoms with van der Waals surface area (Å²) >= 11 is 0. The number of nitrogens with one attached hydrogen (secondary N) is 1. The third-order valence-corrected chi connectivity index (χ3v) is 5.76. The molecule has 5 heteroatoms. The van der Waals surface area contributed by atoms with Gasteiger partial charge in [0.2, 0.25) is 5.91 Å². The first-order valence-electron chi connectivity index (χ1n) is 10.3. The molecule has 1 saturated heterocycles. The van der Waals surface area contributed by atoms with Gasteiger partial charge in [-0.1, -0.05) is 42.5 Å². The van der Waals surface area contributed by atoms with E-state index in [4.69, 9.17) is 0 Å². The molecule has 3 rings (SSSR count). The van der Waals surface area contributed by atoms with Crippen molar-refractivity contribution in [3.05, 3.63) is 65.2 Å². The highest BCUT2D eigenvalue weighted by atomic mass is 16.2. The number of amides is 1. The lowest BCUT2D eigenvalue weighted by Crippen LogP contribution is -2.51. The highest BCUT2D eigenvalue weighted by molar-refractivity contribution is 5.88. The fourth-order valence-corrected chi connectivity index (χ4v) is 3.81. The Morgan fingerprint density at radius 1 is 0.966 bits per heavy atom. The van der Waals surface area contributed by atoms with E-state index in [0.29, 0.717) is 13.0 Å². The maximum atomic E-state index is 12.5. The van der Waals surface area contributed by atoms with E-state index in [2.05, 4.69) is 47.2 Å². The molecular formula is C24H31N3O2. The Morgan fingerprint density at radius 2 is 1.66 bits per heavy atom. The van der Waals surface area contributed by atoms with Gasteiger partial charge in [-0.15, -0.1) is 0 Å². The minimum absolute atomic E-state index is 0.0121. The third kappa shape index (κ3) is 5.67. The normalized spacial score (nSPS) is 15.8. The minimum Gasteiger partial charge on any atom is -0.369 e. The zero-order valence-corrected chi connectivity index (χ0v) is 17.6. The topological polar surface area (TPSA) is 52.7 Å². The second-order valence-electron chi connectivity index (χ2n) is 7.90. The molecule has 0 aromatic heterocycles. The lowest BCUT2D eigenvalue weighted by atomic mass is 10.0. The molecule has 1 aliphatic rings. The van der Waals surface area contributed by atoms with Gasteiger partial charge in [-0.2, -0.15) is 0 Å². The van der Waals surface area contributed by atoms with Crippen molar-refractivity contribution in [2.24, 2.45) is 0 Å². The first kappa shape index (κ1) is 21.1. The number of aryl methyl sites for hydroxylation is 1. The number of anilines is 1. The Labute approximate surface area is 173 Å². The summed E-state index contributed by atoms with van der Waals surface area (Å²) in [5.41, 5.74) is 4.96. The molecular weight excluding hydrogens is 362 g/mol. The van der Waals surface area contributed by atoms with E-state index >= 15 is 0 Å². The Kier molecular flexibility index (Phi) is 7.04. The molecule has 1 fully saturated rings. The average molecular weight is 394 g/mol. The standard InChI is InChI=1S/C24H31N3O2/c1-18-8-7-11-23(19(18)2)27-14-12-26(13-15-27)17-24(29)25-22(20(3)28)16-21-9-5-4-6-10-21/h4-11,22H,12-17H2,1-3H3,(H,25,29)/t22-/m0/s1. The molecule has 1 aliphatic heterocycles. The molecule has 0 unspecified atom stereocenters. The quantitative estimate of drug-likeness (QED) is 0.786. The Balaban J connectivity index is 1.51. The lowest BCUT2D eigenvalue weighted by Gasteiger charge is -2.36. The number of benzene rings is 2. The van der Waals surface area contributed by atoms with Crippen LogP contribution in [0.5, 0.6) is 0 Å². The molecule has 1 heterocycles. The molecule has 0 spiro atoms. The maximum absolute atomic E-state index is 12.5. The number of ketones is 1. The Hall–Kier alpha value is -2.66. The molecule has 0 bridgehead atoms. The van der Waals surface area contributed by atoms with E-state index in [1.165, 1.54) is 23.7 Å². The van der Waals surface area contributed by atoms with Crippen molar-refractivity contribution >= 4 is 17.4 Å². The number of Topliss-reactive ketones (excluding diaryl/α,β-unsaturated/α-hetero) is 1. The van der Waals surface area contributed by atoms with Gasteiger partial charge in [0.1, 0.15) is 0 Å². The summed E-state index contributed by atoms with van der Waals surface area (Å²) < 4.78 is 0. The van der Waals surface area contributed by atoms with E-state index in [9.17, 15) is 9.59 Å². The van der Waals surface area contributed by atoms with Gasteiger partial charge in [0.15, 0.2) is 5.78 Å². The van der Waals surface area contributed by atoms with Crippen molar-refractivity contribution < 1.29 is 9.59 Å². The molecule has 0 aliphatic carbocycles. The van der Waals surface area contributed by atoms with Gasteiger partial charge in [0.05, 0.1) is 12.6 Å². The summed E-state index contributed by atoms with van der Waals surface area (Å²) in [4.78, 5) is 29.1. The number of piperazine rings is 1. The smallest absolute Gasteiger partial charge is 0.234 e. The van der Waals surface area contributed by atoms with Crippen molar-refractivity contribution in [3.8, 4) is 0 Å². The predicted molar refractivity (Wildman–Crippen MR) is 117 cm³/mol. The van der Waals surface area contributed by atoms with E-state index in [1.54, 1.807) is 0 Å². The van der Waals surface area contributed by atoms with Crippen LogP contribution >= 0.6 is 0 Å². The summed E-state index contributed by atoms with van der Waals surface area (Å²) in [6.07, 6.45) is 0.530. The van der Waals surface area contributed by atoms with Crippen molar-refractivity contribution in [1.29, 1.82) is 0 Å². The van der Waals surface area contributed by atoms with Crippen LogP contribution in [0.2, 0.25) is 0 Å². The molecule has 1 atom stereocenters. The van der Waals surface area contributed by atoms with Crippen LogP contribution in [0.25, 0.3) is 0 Å². The Bertz CT molecular complexity index is 842. The van der Waals surface area contributed by atoms with Crippen LogP contribution in [0.15, 0.2) is 48.5 Å². The highest BCUT2D eigenvalue weighted by Gasteiger charge is 2.23. The van der Waals surface area contributed by atoms with Crippen LogP contribution in [-0.2, 0) is 16.0 Å². The number of rotatable bonds is 7. The van der Waals surface area contributed by atoms with Crippen LogP contribution in [0.4, 0.5) is 5.69 Å². The predicted octanol–water partition coefficient (Wildman–Crippen LogP) is 2.74. The second-order valence-corrected chi connectivity index (χ2v) is 7.90. The fraction of sp³-hybridized carbons (Fsp3) is 0.417. The first-order chi connectivity index (χ1) is 13.9. The van der Waals surface area contributed by atoms with Gasteiger partial charge < -0.3 is 10.2 Å². The van der Waals surface area contributed by atoms with E-state index in [1.807, 2.05) is 30.3 Å². The molecule has 5 nitrogen and oxygen atoms in total. The molecule has 2 aromatic carbocycles. The van der Waals surface area contributed by atoms with Gasteiger partial charge in [0.25, 0.3) is 0 Å². The van der Waals surface area contributed by atoms with Crippen LogP contribution < -0.4 is 10.2 Å². The number of carbonyl (C=O) groups is 2. The van der Waals surface area contributed by atoms with Crippen LogP contribution in [0.3, 0.4) is 0 Å². The van der Waals surface area contributed by atoms with Crippen LogP contribution in [0, 0.1) is 13.8 Å². The monoisotopic (exact) mass is 393 g/mol. The first-order valence-corrected chi connectivity index (χ1v) is 10.3. The zero-order valence-electron chi connectivity index (χ0n) is 17.6. The molecule has 2 aromatic rings. The fourth-order valence-electron chi connectivity index (χ4n) is 3.81. The molecule has 29 heavy (non-hydrogen) atoms. The SMILES string of the molecule is CC(=O)[C@H](Cc1ccccc1)NC(=O)CN1CCN(c2cccc(C)c2C)CC1. The minimum atomic E-state index is -0.471.